The lowest BCUT2D eigenvalue weighted by Crippen LogP contribution is -2.46. The second-order valence-electron chi connectivity index (χ2n) is 4.71. The number of allylic oxidation sites excluding steroid dienone is 1. The van der Waals surface area contributed by atoms with E-state index in [4.69, 9.17) is 4.74 Å². The highest BCUT2D eigenvalue weighted by Gasteiger charge is 2.34. The van der Waals surface area contributed by atoms with Gasteiger partial charge < -0.3 is 15.0 Å². The molecule has 1 aliphatic heterocycles. The number of rotatable bonds is 3. The molecular formula is C15H17IN2O3. The largest absolute Gasteiger partial charge is 0.463 e. The van der Waals surface area contributed by atoms with Gasteiger partial charge >= 0.3 is 12.0 Å². The number of ether oxygens (including phenoxy) is 1. The summed E-state index contributed by atoms with van der Waals surface area (Å²) in [6.45, 7) is 3.82. The highest BCUT2D eigenvalue weighted by Crippen LogP contribution is 2.30. The zero-order valence-corrected chi connectivity index (χ0v) is 14.3. The van der Waals surface area contributed by atoms with Gasteiger partial charge in [-0.25, -0.2) is 9.59 Å². The molecule has 0 saturated heterocycles. The number of urea groups is 1. The quantitative estimate of drug-likeness (QED) is 0.627. The lowest BCUT2D eigenvalue weighted by Gasteiger charge is -2.33. The van der Waals surface area contributed by atoms with E-state index in [-0.39, 0.29) is 6.03 Å². The molecule has 2 amide bonds. The summed E-state index contributed by atoms with van der Waals surface area (Å²) in [5, 5.41) is 2.85. The van der Waals surface area contributed by atoms with Gasteiger partial charge in [0.1, 0.15) is 0 Å². The summed E-state index contributed by atoms with van der Waals surface area (Å²) >= 11 is 2.21. The molecular weight excluding hydrogens is 383 g/mol. The summed E-state index contributed by atoms with van der Waals surface area (Å²) in [6, 6.07) is 6.99. The molecule has 5 nitrogen and oxygen atoms in total. The van der Waals surface area contributed by atoms with Crippen molar-refractivity contribution in [1.29, 1.82) is 0 Å². The minimum atomic E-state index is -0.482. The molecule has 0 aromatic heterocycles. The van der Waals surface area contributed by atoms with Gasteiger partial charge in [0.2, 0.25) is 0 Å². The highest BCUT2D eigenvalue weighted by atomic mass is 127. The number of hydrogen-bond donors (Lipinski definition) is 1. The van der Waals surface area contributed by atoms with Crippen molar-refractivity contribution < 1.29 is 14.3 Å². The van der Waals surface area contributed by atoms with Crippen LogP contribution in [-0.2, 0) is 9.53 Å². The van der Waals surface area contributed by atoms with Gasteiger partial charge in [-0.1, -0.05) is 12.1 Å². The van der Waals surface area contributed by atoms with Crippen molar-refractivity contribution in [2.75, 3.05) is 13.7 Å². The van der Waals surface area contributed by atoms with Crippen LogP contribution in [0.5, 0.6) is 0 Å². The molecule has 0 saturated carbocycles. The van der Waals surface area contributed by atoms with E-state index in [0.29, 0.717) is 17.9 Å². The second-order valence-corrected chi connectivity index (χ2v) is 5.96. The third-order valence-corrected chi connectivity index (χ3v) is 4.17. The van der Waals surface area contributed by atoms with Gasteiger partial charge in [-0.3, -0.25) is 0 Å². The van der Waals surface area contributed by atoms with E-state index >= 15 is 0 Å². The normalized spacial score (nSPS) is 18.6. The average molecular weight is 400 g/mol. The summed E-state index contributed by atoms with van der Waals surface area (Å²) < 4.78 is 6.23. The fourth-order valence-corrected chi connectivity index (χ4v) is 2.57. The van der Waals surface area contributed by atoms with Crippen LogP contribution in [0, 0.1) is 3.57 Å². The first-order valence-corrected chi connectivity index (χ1v) is 7.71. The molecule has 1 aromatic carbocycles. The molecule has 2 rings (SSSR count). The number of carbonyl (C=O) groups excluding carboxylic acids is 2. The summed E-state index contributed by atoms with van der Waals surface area (Å²) in [6.07, 6.45) is 0. The molecule has 0 aliphatic carbocycles. The molecule has 0 radical (unpaired) electrons. The molecule has 1 atom stereocenters. The van der Waals surface area contributed by atoms with Crippen LogP contribution in [0.15, 0.2) is 35.5 Å². The van der Waals surface area contributed by atoms with Crippen molar-refractivity contribution in [3.05, 3.63) is 44.7 Å². The van der Waals surface area contributed by atoms with Crippen molar-refractivity contribution in [3.63, 3.8) is 0 Å². The van der Waals surface area contributed by atoms with Gasteiger partial charge in [0.05, 0.1) is 18.2 Å². The lowest BCUT2D eigenvalue weighted by molar-refractivity contribution is -0.139. The Hall–Kier alpha value is -1.57. The Morgan fingerprint density at radius 1 is 1.38 bits per heavy atom. The molecule has 0 fully saturated rings. The number of hydrogen-bond acceptors (Lipinski definition) is 3. The number of carbonyl (C=O) groups is 2. The van der Waals surface area contributed by atoms with Crippen LogP contribution in [0.1, 0.15) is 25.5 Å². The number of amides is 2. The maximum Gasteiger partial charge on any atom is 0.338 e. The van der Waals surface area contributed by atoms with Crippen LogP contribution in [0.4, 0.5) is 4.79 Å². The molecule has 1 heterocycles. The van der Waals surface area contributed by atoms with Gasteiger partial charge in [0, 0.05) is 16.3 Å². The zero-order chi connectivity index (χ0) is 15.6. The first-order chi connectivity index (χ1) is 9.95. The molecule has 112 valence electrons. The van der Waals surface area contributed by atoms with Gasteiger partial charge in [-0.2, -0.15) is 0 Å². The Balaban J connectivity index is 2.48. The summed E-state index contributed by atoms with van der Waals surface area (Å²) in [5.74, 6) is -0.398. The van der Waals surface area contributed by atoms with E-state index in [9.17, 15) is 9.59 Å². The number of nitrogens with zero attached hydrogens (tertiary/aromatic N) is 1. The van der Waals surface area contributed by atoms with E-state index in [2.05, 4.69) is 27.9 Å². The third-order valence-electron chi connectivity index (χ3n) is 3.45. The molecule has 1 N–H and O–H groups in total. The van der Waals surface area contributed by atoms with E-state index in [1.807, 2.05) is 24.3 Å². The zero-order valence-electron chi connectivity index (χ0n) is 12.1. The van der Waals surface area contributed by atoms with Crippen LogP contribution in [0.25, 0.3) is 0 Å². The van der Waals surface area contributed by atoms with E-state index in [1.54, 1.807) is 20.9 Å². The van der Waals surface area contributed by atoms with Gasteiger partial charge in [0.15, 0.2) is 0 Å². The van der Waals surface area contributed by atoms with Crippen LogP contribution in [-0.4, -0.2) is 30.6 Å². The second kappa shape index (κ2) is 6.46. The molecule has 6 heteroatoms. The van der Waals surface area contributed by atoms with E-state index in [0.717, 1.165) is 9.13 Å². The maximum atomic E-state index is 12.3. The number of nitrogens with one attached hydrogen (secondary N) is 1. The smallest absolute Gasteiger partial charge is 0.338 e. The van der Waals surface area contributed by atoms with Gasteiger partial charge in [-0.15, -0.1) is 0 Å². The fourth-order valence-electron chi connectivity index (χ4n) is 2.21. The molecule has 21 heavy (non-hydrogen) atoms. The minimum Gasteiger partial charge on any atom is -0.463 e. The molecule has 1 aliphatic rings. The van der Waals surface area contributed by atoms with Crippen molar-refractivity contribution in [1.82, 2.24) is 10.2 Å². The molecule has 0 bridgehead atoms. The summed E-state index contributed by atoms with van der Waals surface area (Å²) in [4.78, 5) is 25.7. The van der Waals surface area contributed by atoms with Crippen LogP contribution >= 0.6 is 22.6 Å². The Morgan fingerprint density at radius 3 is 2.57 bits per heavy atom. The van der Waals surface area contributed by atoms with Gasteiger partial charge in [0.25, 0.3) is 0 Å². The predicted molar refractivity (Wildman–Crippen MR) is 87.5 cm³/mol. The minimum absolute atomic E-state index is 0.232. The van der Waals surface area contributed by atoms with Crippen LogP contribution < -0.4 is 5.32 Å². The fraction of sp³-hybridized carbons (Fsp3) is 0.333. The Labute approximate surface area is 137 Å². The molecule has 0 spiro atoms. The average Bonchev–Trinajstić information content (AvgIpc) is 2.45. The highest BCUT2D eigenvalue weighted by molar-refractivity contribution is 14.1. The Bertz CT molecular complexity index is 595. The Kier molecular flexibility index (Phi) is 4.87. The molecule has 1 unspecified atom stereocenters. The Morgan fingerprint density at radius 2 is 2.00 bits per heavy atom. The number of benzene rings is 1. The van der Waals surface area contributed by atoms with Crippen LogP contribution in [0.3, 0.4) is 0 Å². The third kappa shape index (κ3) is 3.20. The van der Waals surface area contributed by atoms with Crippen molar-refractivity contribution >= 4 is 34.6 Å². The topological polar surface area (TPSA) is 58.6 Å². The number of halogens is 1. The molecule has 1 aromatic rings. The number of esters is 1. The monoisotopic (exact) mass is 400 g/mol. The van der Waals surface area contributed by atoms with Crippen molar-refractivity contribution in [3.8, 4) is 0 Å². The summed E-state index contributed by atoms with van der Waals surface area (Å²) in [7, 11) is 1.63. The lowest BCUT2D eigenvalue weighted by atomic mass is 9.95. The standard InChI is InChI=1S/C15H17IN2O3/c1-4-21-14(19)12-9(2)18(3)15(20)17-13(12)10-5-7-11(16)8-6-10/h5-8,13H,4H2,1-3H3,(H,17,20). The SMILES string of the molecule is CCOC(=O)C1=C(C)N(C)C(=O)NC1c1ccc(I)cc1. The van der Waals surface area contributed by atoms with Crippen molar-refractivity contribution in [2.45, 2.75) is 19.9 Å². The first kappa shape index (κ1) is 15.8. The maximum absolute atomic E-state index is 12.3. The summed E-state index contributed by atoms with van der Waals surface area (Å²) in [5.41, 5.74) is 1.94. The predicted octanol–water partition coefficient (Wildman–Crippen LogP) is 2.82. The first-order valence-electron chi connectivity index (χ1n) is 6.63. The van der Waals surface area contributed by atoms with Crippen molar-refractivity contribution in [2.24, 2.45) is 0 Å². The van der Waals surface area contributed by atoms with Crippen LogP contribution in [0.2, 0.25) is 0 Å². The van der Waals surface area contributed by atoms with Gasteiger partial charge in [-0.05, 0) is 54.1 Å². The van der Waals surface area contributed by atoms with E-state index in [1.165, 1.54) is 4.90 Å². The van der Waals surface area contributed by atoms with E-state index < -0.39 is 12.0 Å².